The molecule has 18 heavy (non-hydrogen) atoms. The molecule has 0 saturated carbocycles. The van der Waals surface area contributed by atoms with Crippen molar-refractivity contribution in [2.24, 2.45) is 11.7 Å². The largest absolute Gasteiger partial charge is 0.493 e. The van der Waals surface area contributed by atoms with Crippen molar-refractivity contribution in [3.05, 3.63) is 30.1 Å². The SMILES string of the molecule is CC(C)COc1ccc(-n2nnnc2CN)cc1. The van der Waals surface area contributed by atoms with Gasteiger partial charge in [-0.3, -0.25) is 0 Å². The Hall–Kier alpha value is -1.95. The van der Waals surface area contributed by atoms with Crippen LogP contribution in [-0.2, 0) is 6.54 Å². The second-order valence-electron chi connectivity index (χ2n) is 4.41. The first-order chi connectivity index (χ1) is 8.70. The molecule has 0 aliphatic rings. The van der Waals surface area contributed by atoms with Crippen molar-refractivity contribution in [3.8, 4) is 11.4 Å². The van der Waals surface area contributed by atoms with E-state index in [4.69, 9.17) is 10.5 Å². The molecule has 96 valence electrons. The molecule has 0 bridgehead atoms. The fourth-order valence-corrected chi connectivity index (χ4v) is 1.48. The van der Waals surface area contributed by atoms with Gasteiger partial charge in [-0.1, -0.05) is 13.8 Å². The van der Waals surface area contributed by atoms with Crippen molar-refractivity contribution in [1.82, 2.24) is 20.2 Å². The van der Waals surface area contributed by atoms with Gasteiger partial charge in [0, 0.05) is 0 Å². The van der Waals surface area contributed by atoms with Crippen LogP contribution in [0.3, 0.4) is 0 Å². The highest BCUT2D eigenvalue weighted by Gasteiger charge is 2.06. The maximum Gasteiger partial charge on any atom is 0.170 e. The van der Waals surface area contributed by atoms with Crippen LogP contribution in [0.1, 0.15) is 19.7 Å². The molecule has 0 atom stereocenters. The third kappa shape index (κ3) is 2.84. The van der Waals surface area contributed by atoms with E-state index in [0.29, 0.717) is 24.9 Å². The van der Waals surface area contributed by atoms with Crippen LogP contribution < -0.4 is 10.5 Å². The van der Waals surface area contributed by atoms with Crippen LogP contribution in [0, 0.1) is 5.92 Å². The number of hydrogen-bond acceptors (Lipinski definition) is 5. The maximum absolute atomic E-state index is 5.61. The van der Waals surface area contributed by atoms with Gasteiger partial charge in [0.15, 0.2) is 5.82 Å². The van der Waals surface area contributed by atoms with Gasteiger partial charge in [0.05, 0.1) is 18.8 Å². The average Bonchev–Trinajstić information content (AvgIpc) is 2.85. The van der Waals surface area contributed by atoms with Crippen LogP contribution in [0.25, 0.3) is 5.69 Å². The predicted molar refractivity (Wildman–Crippen MR) is 67.4 cm³/mol. The first-order valence-electron chi connectivity index (χ1n) is 5.91. The van der Waals surface area contributed by atoms with Gasteiger partial charge < -0.3 is 10.5 Å². The average molecular weight is 247 g/mol. The van der Waals surface area contributed by atoms with Gasteiger partial charge in [0.1, 0.15) is 5.75 Å². The van der Waals surface area contributed by atoms with E-state index in [9.17, 15) is 0 Å². The zero-order valence-corrected chi connectivity index (χ0v) is 10.6. The molecule has 0 saturated heterocycles. The molecule has 0 fully saturated rings. The van der Waals surface area contributed by atoms with Crippen molar-refractivity contribution in [2.75, 3.05) is 6.61 Å². The third-order valence-corrected chi connectivity index (χ3v) is 2.38. The number of rotatable bonds is 5. The summed E-state index contributed by atoms with van der Waals surface area (Å²) in [5.41, 5.74) is 6.43. The Labute approximate surface area is 106 Å². The normalized spacial score (nSPS) is 10.9. The van der Waals surface area contributed by atoms with Crippen molar-refractivity contribution in [1.29, 1.82) is 0 Å². The van der Waals surface area contributed by atoms with Gasteiger partial charge in [0.25, 0.3) is 0 Å². The number of nitrogens with zero attached hydrogens (tertiary/aromatic N) is 4. The molecule has 1 aromatic carbocycles. The van der Waals surface area contributed by atoms with Crippen LogP contribution in [-0.4, -0.2) is 26.8 Å². The van der Waals surface area contributed by atoms with E-state index in [2.05, 4.69) is 29.4 Å². The molecule has 6 nitrogen and oxygen atoms in total. The highest BCUT2D eigenvalue weighted by molar-refractivity contribution is 5.37. The van der Waals surface area contributed by atoms with E-state index in [1.807, 2.05) is 24.3 Å². The maximum atomic E-state index is 5.61. The highest BCUT2D eigenvalue weighted by atomic mass is 16.5. The van der Waals surface area contributed by atoms with Gasteiger partial charge in [0.2, 0.25) is 0 Å². The number of hydrogen-bond donors (Lipinski definition) is 1. The fraction of sp³-hybridized carbons (Fsp3) is 0.417. The fourth-order valence-electron chi connectivity index (χ4n) is 1.48. The summed E-state index contributed by atoms with van der Waals surface area (Å²) < 4.78 is 7.23. The van der Waals surface area contributed by atoms with Crippen LogP contribution in [0.2, 0.25) is 0 Å². The summed E-state index contributed by atoms with van der Waals surface area (Å²) in [6.45, 7) is 5.24. The highest BCUT2D eigenvalue weighted by Crippen LogP contribution is 2.16. The Balaban J connectivity index is 2.12. The molecule has 2 aromatic rings. The van der Waals surface area contributed by atoms with E-state index in [0.717, 1.165) is 11.4 Å². The number of nitrogens with two attached hydrogens (primary N) is 1. The zero-order valence-electron chi connectivity index (χ0n) is 10.6. The second-order valence-corrected chi connectivity index (χ2v) is 4.41. The summed E-state index contributed by atoms with van der Waals surface area (Å²) in [6, 6.07) is 7.62. The number of benzene rings is 1. The molecule has 0 aliphatic heterocycles. The number of aromatic nitrogens is 4. The first kappa shape index (κ1) is 12.5. The van der Waals surface area contributed by atoms with Crippen molar-refractivity contribution in [3.63, 3.8) is 0 Å². The molecule has 0 amide bonds. The molecular formula is C12H17N5O. The smallest absolute Gasteiger partial charge is 0.170 e. The predicted octanol–water partition coefficient (Wildman–Crippen LogP) is 1.16. The Morgan fingerprint density at radius 2 is 2.00 bits per heavy atom. The third-order valence-electron chi connectivity index (χ3n) is 2.38. The quantitative estimate of drug-likeness (QED) is 0.857. The van der Waals surface area contributed by atoms with E-state index in [1.165, 1.54) is 0 Å². The lowest BCUT2D eigenvalue weighted by Gasteiger charge is -2.09. The van der Waals surface area contributed by atoms with Crippen LogP contribution in [0.5, 0.6) is 5.75 Å². The van der Waals surface area contributed by atoms with Crippen molar-refractivity contribution >= 4 is 0 Å². The van der Waals surface area contributed by atoms with Crippen LogP contribution >= 0.6 is 0 Å². The zero-order chi connectivity index (χ0) is 13.0. The summed E-state index contributed by atoms with van der Waals surface area (Å²) in [4.78, 5) is 0. The number of ether oxygens (including phenoxy) is 1. The lowest BCUT2D eigenvalue weighted by molar-refractivity contribution is 0.271. The first-order valence-corrected chi connectivity index (χ1v) is 5.91. The van der Waals surface area contributed by atoms with Crippen molar-refractivity contribution in [2.45, 2.75) is 20.4 Å². The molecule has 0 radical (unpaired) electrons. The molecule has 2 N–H and O–H groups in total. The Morgan fingerprint density at radius 3 is 2.61 bits per heavy atom. The Bertz CT molecular complexity index is 491. The van der Waals surface area contributed by atoms with Crippen molar-refractivity contribution < 1.29 is 4.74 Å². The van der Waals surface area contributed by atoms with Crippen LogP contribution in [0.15, 0.2) is 24.3 Å². The van der Waals surface area contributed by atoms with Gasteiger partial charge in [-0.05, 0) is 40.6 Å². The van der Waals surface area contributed by atoms with Gasteiger partial charge in [-0.2, -0.15) is 4.68 Å². The molecule has 1 aromatic heterocycles. The van der Waals surface area contributed by atoms with Crippen LogP contribution in [0.4, 0.5) is 0 Å². The van der Waals surface area contributed by atoms with Gasteiger partial charge >= 0.3 is 0 Å². The molecule has 0 spiro atoms. The molecule has 0 unspecified atom stereocenters. The Morgan fingerprint density at radius 1 is 1.28 bits per heavy atom. The molecule has 0 aliphatic carbocycles. The lowest BCUT2D eigenvalue weighted by Crippen LogP contribution is -2.08. The summed E-state index contributed by atoms with van der Waals surface area (Å²) in [6.07, 6.45) is 0. The monoisotopic (exact) mass is 247 g/mol. The molecule has 2 rings (SSSR count). The summed E-state index contributed by atoms with van der Waals surface area (Å²) >= 11 is 0. The molecular weight excluding hydrogens is 230 g/mol. The number of tetrazole rings is 1. The van der Waals surface area contributed by atoms with E-state index < -0.39 is 0 Å². The van der Waals surface area contributed by atoms with E-state index >= 15 is 0 Å². The summed E-state index contributed by atoms with van der Waals surface area (Å²) in [7, 11) is 0. The van der Waals surface area contributed by atoms with E-state index in [-0.39, 0.29) is 0 Å². The van der Waals surface area contributed by atoms with E-state index in [1.54, 1.807) is 4.68 Å². The lowest BCUT2D eigenvalue weighted by atomic mass is 10.2. The van der Waals surface area contributed by atoms with Gasteiger partial charge in [-0.15, -0.1) is 5.10 Å². The minimum atomic E-state index is 0.304. The minimum Gasteiger partial charge on any atom is -0.493 e. The molecule has 6 heteroatoms. The summed E-state index contributed by atoms with van der Waals surface area (Å²) in [5.74, 6) is 1.98. The molecule has 1 heterocycles. The summed E-state index contributed by atoms with van der Waals surface area (Å²) in [5, 5.41) is 11.3. The minimum absolute atomic E-state index is 0.304. The van der Waals surface area contributed by atoms with Gasteiger partial charge in [-0.25, -0.2) is 0 Å². The second kappa shape index (κ2) is 5.59. The standard InChI is InChI=1S/C12H17N5O/c1-9(2)8-18-11-5-3-10(4-6-11)17-12(7-13)14-15-16-17/h3-6,9H,7-8,13H2,1-2H3. The Kier molecular flexibility index (Phi) is 3.88. The topological polar surface area (TPSA) is 78.8 Å².